The van der Waals surface area contributed by atoms with Crippen LogP contribution in [0.3, 0.4) is 0 Å². The highest BCUT2D eigenvalue weighted by Crippen LogP contribution is 2.39. The topological polar surface area (TPSA) is 111 Å². The second kappa shape index (κ2) is 7.47. The monoisotopic (exact) mass is 457 g/mol. The highest BCUT2D eigenvalue weighted by Gasteiger charge is 2.21. The fourth-order valence-corrected chi connectivity index (χ4v) is 4.39. The minimum atomic E-state index is -0.542. The van der Waals surface area contributed by atoms with Crippen molar-refractivity contribution < 1.29 is 9.13 Å². The van der Waals surface area contributed by atoms with E-state index in [1.807, 2.05) is 13.8 Å². The number of nitrogens with one attached hydrogen (secondary N) is 2. The van der Waals surface area contributed by atoms with Crippen LogP contribution in [-0.4, -0.2) is 32.5 Å². The lowest BCUT2D eigenvalue weighted by molar-refractivity contribution is 0.310. The standard InChI is InChI=1S/C20H17ClFN7OS/c1-8-11(6-25-18-17(8)24-3-4-30-18)10-5-13-12(16(23)15(10)22)7-26-20(27-13)28-19-14(21)9(2)29-31-19/h5-7,24H,3-4,23H2,1-2H3,(H,26,27,28). The number of nitrogens with zero attached hydrogens (tertiary/aromatic N) is 4. The van der Waals surface area contributed by atoms with Gasteiger partial charge in [0, 0.05) is 35.5 Å². The molecule has 11 heteroatoms. The molecule has 158 valence electrons. The molecule has 0 amide bonds. The number of nitrogen functional groups attached to an aromatic ring is 1. The third-order valence-corrected chi connectivity index (χ3v) is 6.54. The zero-order chi connectivity index (χ0) is 21.7. The summed E-state index contributed by atoms with van der Waals surface area (Å²) >= 11 is 7.45. The fourth-order valence-electron chi connectivity index (χ4n) is 3.46. The first-order chi connectivity index (χ1) is 14.9. The Morgan fingerprint density at radius 3 is 2.87 bits per heavy atom. The summed E-state index contributed by atoms with van der Waals surface area (Å²) in [4.78, 5) is 13.1. The SMILES string of the molecule is Cc1nsc(Nc2ncc3c(N)c(F)c(-c4cnc5c(c4C)NCCO5)cc3n2)c1Cl. The summed E-state index contributed by atoms with van der Waals surface area (Å²) in [5.41, 5.74) is 9.79. The van der Waals surface area contributed by atoms with Gasteiger partial charge < -0.3 is 21.1 Å². The van der Waals surface area contributed by atoms with Gasteiger partial charge in [-0.15, -0.1) is 0 Å². The van der Waals surface area contributed by atoms with E-state index in [0.717, 1.165) is 16.9 Å². The molecule has 0 spiro atoms. The second-order valence-electron chi connectivity index (χ2n) is 7.07. The van der Waals surface area contributed by atoms with Gasteiger partial charge in [0.05, 0.1) is 21.9 Å². The number of rotatable bonds is 3. The molecule has 5 rings (SSSR count). The summed E-state index contributed by atoms with van der Waals surface area (Å²) in [6.45, 7) is 4.89. The first-order valence-electron chi connectivity index (χ1n) is 9.44. The summed E-state index contributed by atoms with van der Waals surface area (Å²) in [5.74, 6) is 0.275. The average Bonchev–Trinajstić information content (AvgIpc) is 3.09. The number of pyridine rings is 1. The summed E-state index contributed by atoms with van der Waals surface area (Å²) in [5, 5.41) is 7.89. The van der Waals surface area contributed by atoms with Gasteiger partial charge in [-0.05, 0) is 37.0 Å². The van der Waals surface area contributed by atoms with E-state index in [-0.39, 0.29) is 5.69 Å². The molecule has 0 aliphatic carbocycles. The van der Waals surface area contributed by atoms with Crippen LogP contribution in [0.5, 0.6) is 5.88 Å². The zero-order valence-corrected chi connectivity index (χ0v) is 18.2. The Hall–Kier alpha value is -3.24. The number of nitrogens with two attached hydrogens (primary N) is 1. The van der Waals surface area contributed by atoms with Crippen molar-refractivity contribution in [2.24, 2.45) is 0 Å². The van der Waals surface area contributed by atoms with Gasteiger partial charge in [0.15, 0.2) is 5.82 Å². The van der Waals surface area contributed by atoms with Crippen molar-refractivity contribution in [3.63, 3.8) is 0 Å². The molecule has 0 atom stereocenters. The largest absolute Gasteiger partial charge is 0.474 e. The maximum Gasteiger partial charge on any atom is 0.237 e. The predicted molar refractivity (Wildman–Crippen MR) is 121 cm³/mol. The lowest BCUT2D eigenvalue weighted by Gasteiger charge is -2.22. The molecule has 4 heterocycles. The number of anilines is 4. The fraction of sp³-hybridized carbons (Fsp3) is 0.200. The molecule has 0 saturated carbocycles. The van der Waals surface area contributed by atoms with Crippen molar-refractivity contribution in [2.45, 2.75) is 13.8 Å². The van der Waals surface area contributed by atoms with E-state index in [0.29, 0.717) is 57.0 Å². The molecule has 1 aliphatic heterocycles. The number of aromatic nitrogens is 4. The van der Waals surface area contributed by atoms with Crippen LogP contribution in [0, 0.1) is 19.7 Å². The maximum absolute atomic E-state index is 15.2. The van der Waals surface area contributed by atoms with E-state index in [4.69, 9.17) is 22.1 Å². The first-order valence-corrected chi connectivity index (χ1v) is 10.6. The Labute approximate surface area is 185 Å². The molecular formula is C20H17ClFN7OS. The molecule has 0 saturated heterocycles. The van der Waals surface area contributed by atoms with Gasteiger partial charge in [-0.1, -0.05) is 11.6 Å². The van der Waals surface area contributed by atoms with E-state index in [1.54, 1.807) is 12.3 Å². The molecule has 0 bridgehead atoms. The van der Waals surface area contributed by atoms with Crippen molar-refractivity contribution in [1.29, 1.82) is 0 Å². The highest BCUT2D eigenvalue weighted by molar-refractivity contribution is 7.11. The number of hydrogen-bond acceptors (Lipinski definition) is 9. The van der Waals surface area contributed by atoms with Gasteiger partial charge in [0.2, 0.25) is 11.8 Å². The number of hydrogen-bond donors (Lipinski definition) is 3. The molecule has 4 N–H and O–H groups in total. The minimum absolute atomic E-state index is 0.0213. The number of fused-ring (bicyclic) bond motifs is 2. The van der Waals surface area contributed by atoms with E-state index in [9.17, 15) is 0 Å². The van der Waals surface area contributed by atoms with Crippen molar-refractivity contribution >= 4 is 56.4 Å². The quantitative estimate of drug-likeness (QED) is 0.380. The summed E-state index contributed by atoms with van der Waals surface area (Å²) < 4.78 is 25.0. The lowest BCUT2D eigenvalue weighted by atomic mass is 9.98. The van der Waals surface area contributed by atoms with E-state index in [1.165, 1.54) is 17.7 Å². The van der Waals surface area contributed by atoms with Crippen LogP contribution in [0.25, 0.3) is 22.0 Å². The molecule has 1 aromatic carbocycles. The van der Waals surface area contributed by atoms with Crippen LogP contribution >= 0.6 is 23.1 Å². The van der Waals surface area contributed by atoms with Crippen molar-refractivity contribution in [2.75, 3.05) is 29.5 Å². The van der Waals surface area contributed by atoms with E-state index in [2.05, 4.69) is 30.0 Å². The smallest absolute Gasteiger partial charge is 0.237 e. The Kier molecular flexibility index (Phi) is 4.75. The molecule has 4 aromatic rings. The Balaban J connectivity index is 1.62. The molecule has 3 aromatic heterocycles. The normalized spacial score (nSPS) is 12.9. The minimum Gasteiger partial charge on any atom is -0.474 e. The van der Waals surface area contributed by atoms with Crippen LogP contribution in [0.15, 0.2) is 18.5 Å². The average molecular weight is 458 g/mol. The van der Waals surface area contributed by atoms with Crippen LogP contribution in [-0.2, 0) is 0 Å². The lowest BCUT2D eigenvalue weighted by Crippen LogP contribution is -2.20. The van der Waals surface area contributed by atoms with Gasteiger partial charge in [-0.2, -0.15) is 4.37 Å². The molecule has 8 nitrogen and oxygen atoms in total. The first kappa shape index (κ1) is 19.7. The third kappa shape index (κ3) is 3.28. The van der Waals surface area contributed by atoms with Crippen molar-refractivity contribution in [1.82, 2.24) is 19.3 Å². The van der Waals surface area contributed by atoms with Crippen LogP contribution in [0.1, 0.15) is 11.3 Å². The van der Waals surface area contributed by atoms with Crippen molar-refractivity contribution in [3.05, 3.63) is 40.6 Å². The van der Waals surface area contributed by atoms with Gasteiger partial charge >= 0.3 is 0 Å². The van der Waals surface area contributed by atoms with E-state index < -0.39 is 5.82 Å². The second-order valence-corrected chi connectivity index (χ2v) is 8.22. The number of ether oxygens (including phenoxy) is 1. The van der Waals surface area contributed by atoms with Crippen molar-refractivity contribution in [3.8, 4) is 17.0 Å². The van der Waals surface area contributed by atoms with Gasteiger partial charge in [0.25, 0.3) is 0 Å². The van der Waals surface area contributed by atoms with Crippen LogP contribution in [0.2, 0.25) is 5.02 Å². The summed E-state index contributed by atoms with van der Waals surface area (Å²) in [7, 11) is 0. The van der Waals surface area contributed by atoms with Gasteiger partial charge in [0.1, 0.15) is 17.3 Å². The molecule has 1 aliphatic rings. The molecule has 0 radical (unpaired) electrons. The van der Waals surface area contributed by atoms with Crippen LogP contribution < -0.4 is 21.1 Å². The molecular weight excluding hydrogens is 441 g/mol. The Morgan fingerprint density at radius 2 is 2.10 bits per heavy atom. The van der Waals surface area contributed by atoms with Crippen LogP contribution in [0.4, 0.5) is 26.7 Å². The van der Waals surface area contributed by atoms with Gasteiger partial charge in [-0.3, -0.25) is 0 Å². The maximum atomic E-state index is 15.2. The molecule has 0 unspecified atom stereocenters. The number of halogens is 2. The number of aryl methyl sites for hydroxylation is 1. The summed E-state index contributed by atoms with van der Waals surface area (Å²) in [6, 6.07) is 1.65. The molecule has 0 fully saturated rings. The van der Waals surface area contributed by atoms with Gasteiger partial charge in [-0.25, -0.2) is 19.3 Å². The predicted octanol–water partition coefficient (Wildman–Crippen LogP) is 4.69. The highest BCUT2D eigenvalue weighted by atomic mass is 35.5. The number of benzene rings is 1. The third-order valence-electron chi connectivity index (χ3n) is 5.12. The Bertz CT molecular complexity index is 1340. The Morgan fingerprint density at radius 1 is 1.26 bits per heavy atom. The van der Waals surface area contributed by atoms with E-state index >= 15 is 4.39 Å². The molecule has 31 heavy (non-hydrogen) atoms. The summed E-state index contributed by atoms with van der Waals surface area (Å²) in [6.07, 6.45) is 3.08. The zero-order valence-electron chi connectivity index (χ0n) is 16.6.